The van der Waals surface area contributed by atoms with Gasteiger partial charge in [-0.05, 0) is 5.56 Å². The fraction of sp³-hybridized carbons (Fsp3) is 0.286. The molecule has 22 heavy (non-hydrogen) atoms. The van der Waals surface area contributed by atoms with Gasteiger partial charge in [-0.2, -0.15) is 5.10 Å². The van der Waals surface area contributed by atoms with Crippen LogP contribution in [0, 0.1) is 0 Å². The Morgan fingerprint density at radius 3 is 2.68 bits per heavy atom. The van der Waals surface area contributed by atoms with Crippen molar-refractivity contribution in [3.8, 4) is 0 Å². The Balaban J connectivity index is 1.83. The first-order chi connectivity index (χ1) is 10.4. The molecule has 2 N–H and O–H groups in total. The summed E-state index contributed by atoms with van der Waals surface area (Å²) in [5.74, 6) is -0.268. The summed E-state index contributed by atoms with van der Waals surface area (Å²) in [6, 6.07) is 9.85. The zero-order valence-corrected chi connectivity index (χ0v) is 13.0. The molecule has 1 aromatic heterocycles. The van der Waals surface area contributed by atoms with Crippen LogP contribution in [0.4, 0.5) is 5.69 Å². The third-order valence-corrected chi connectivity index (χ3v) is 3.55. The van der Waals surface area contributed by atoms with Crippen molar-refractivity contribution in [2.45, 2.75) is 13.0 Å². The van der Waals surface area contributed by atoms with Crippen LogP contribution in [-0.2, 0) is 21.4 Å². The number of hydrogen-bond donors (Lipinski definition) is 2. The second-order valence-corrected chi connectivity index (χ2v) is 6.71. The molecule has 0 spiro atoms. The van der Waals surface area contributed by atoms with Gasteiger partial charge in [0.1, 0.15) is 0 Å². The molecule has 0 atom stereocenters. The lowest BCUT2D eigenvalue weighted by atomic mass is 10.2. The van der Waals surface area contributed by atoms with Crippen LogP contribution >= 0.6 is 0 Å². The molecule has 0 aliphatic rings. The molecule has 2 aromatic rings. The van der Waals surface area contributed by atoms with Gasteiger partial charge in [0.25, 0.3) is 0 Å². The van der Waals surface area contributed by atoms with E-state index in [0.29, 0.717) is 12.2 Å². The monoisotopic (exact) mass is 322 g/mol. The second-order valence-electron chi connectivity index (χ2n) is 4.88. The molecule has 0 bridgehead atoms. The summed E-state index contributed by atoms with van der Waals surface area (Å²) in [5.41, 5.74) is 1.70. The van der Waals surface area contributed by atoms with Crippen molar-refractivity contribution in [3.05, 3.63) is 48.3 Å². The van der Waals surface area contributed by atoms with Gasteiger partial charge in [0.2, 0.25) is 15.9 Å². The van der Waals surface area contributed by atoms with Crippen LogP contribution in [0.3, 0.4) is 0 Å². The number of carbonyl (C=O) groups excluding carboxylic acids is 1. The highest BCUT2D eigenvalue weighted by Gasteiger charge is 2.07. The van der Waals surface area contributed by atoms with E-state index in [1.54, 1.807) is 17.1 Å². The number of sulfonamides is 1. The number of hydrogen-bond acceptors (Lipinski definition) is 4. The van der Waals surface area contributed by atoms with Gasteiger partial charge in [0, 0.05) is 19.2 Å². The molecular formula is C14H18N4O3S. The third-order valence-electron chi connectivity index (χ3n) is 2.82. The maximum absolute atomic E-state index is 11.7. The molecule has 7 nitrogen and oxygen atoms in total. The highest BCUT2D eigenvalue weighted by Crippen LogP contribution is 2.08. The molecular weight excluding hydrogens is 304 g/mol. The molecule has 2 rings (SSSR count). The van der Waals surface area contributed by atoms with E-state index in [1.165, 1.54) is 0 Å². The Bertz CT molecular complexity index is 726. The standard InChI is InChI=1S/C14H18N4O3S/c1-22(20,21)16-8-7-14(19)17-13-9-15-18(11-13)10-12-5-3-2-4-6-12/h2-6,9,11,16H,7-8,10H2,1H3,(H,17,19). The van der Waals surface area contributed by atoms with Gasteiger partial charge < -0.3 is 5.32 Å². The summed E-state index contributed by atoms with van der Waals surface area (Å²) in [7, 11) is -3.27. The lowest BCUT2D eigenvalue weighted by molar-refractivity contribution is -0.116. The zero-order chi connectivity index (χ0) is 16.0. The lowest BCUT2D eigenvalue weighted by Gasteiger charge is -2.03. The summed E-state index contributed by atoms with van der Waals surface area (Å²) in [6.07, 6.45) is 4.41. The summed E-state index contributed by atoms with van der Waals surface area (Å²) >= 11 is 0. The molecule has 0 fully saturated rings. The van der Waals surface area contributed by atoms with Crippen molar-refractivity contribution in [1.29, 1.82) is 0 Å². The lowest BCUT2D eigenvalue weighted by Crippen LogP contribution is -2.26. The largest absolute Gasteiger partial charge is 0.323 e. The van der Waals surface area contributed by atoms with E-state index in [0.717, 1.165) is 11.8 Å². The van der Waals surface area contributed by atoms with E-state index in [2.05, 4.69) is 15.1 Å². The van der Waals surface area contributed by atoms with E-state index in [4.69, 9.17) is 0 Å². The van der Waals surface area contributed by atoms with Crippen molar-refractivity contribution in [1.82, 2.24) is 14.5 Å². The van der Waals surface area contributed by atoms with Crippen LogP contribution in [0.5, 0.6) is 0 Å². The number of rotatable bonds is 7. The zero-order valence-electron chi connectivity index (χ0n) is 12.2. The number of amides is 1. The smallest absolute Gasteiger partial charge is 0.225 e. The van der Waals surface area contributed by atoms with E-state index < -0.39 is 10.0 Å². The molecule has 0 aliphatic heterocycles. The van der Waals surface area contributed by atoms with Crippen LogP contribution in [0.25, 0.3) is 0 Å². The summed E-state index contributed by atoms with van der Waals surface area (Å²) in [6.45, 7) is 0.690. The Morgan fingerprint density at radius 1 is 1.27 bits per heavy atom. The minimum atomic E-state index is -3.27. The number of carbonyl (C=O) groups is 1. The van der Waals surface area contributed by atoms with E-state index in [-0.39, 0.29) is 18.9 Å². The normalized spacial score (nSPS) is 11.3. The van der Waals surface area contributed by atoms with Crippen LogP contribution in [0.15, 0.2) is 42.7 Å². The quantitative estimate of drug-likeness (QED) is 0.789. The molecule has 1 aromatic carbocycles. The Kier molecular flexibility index (Phi) is 5.29. The molecule has 1 heterocycles. The van der Waals surface area contributed by atoms with E-state index in [1.807, 2.05) is 30.3 Å². The van der Waals surface area contributed by atoms with Crippen molar-refractivity contribution < 1.29 is 13.2 Å². The van der Waals surface area contributed by atoms with Gasteiger partial charge in [-0.3, -0.25) is 9.48 Å². The van der Waals surface area contributed by atoms with E-state index in [9.17, 15) is 13.2 Å². The van der Waals surface area contributed by atoms with Gasteiger partial charge in [-0.15, -0.1) is 0 Å². The number of anilines is 1. The molecule has 0 saturated carbocycles. The first-order valence-electron chi connectivity index (χ1n) is 6.73. The molecule has 0 aliphatic carbocycles. The number of nitrogens with one attached hydrogen (secondary N) is 2. The van der Waals surface area contributed by atoms with Crippen LogP contribution in [-0.4, -0.2) is 36.9 Å². The molecule has 8 heteroatoms. The molecule has 0 saturated heterocycles. The summed E-state index contributed by atoms with van der Waals surface area (Å²) in [4.78, 5) is 11.7. The Hall–Kier alpha value is -2.19. The Labute approximate surface area is 129 Å². The topological polar surface area (TPSA) is 93.1 Å². The average Bonchev–Trinajstić information content (AvgIpc) is 2.85. The summed E-state index contributed by atoms with van der Waals surface area (Å²) in [5, 5.41) is 6.85. The number of nitrogens with zero attached hydrogens (tertiary/aromatic N) is 2. The highest BCUT2D eigenvalue weighted by molar-refractivity contribution is 7.88. The number of aromatic nitrogens is 2. The third kappa shape index (κ3) is 5.66. The predicted octanol–water partition coefficient (Wildman–Crippen LogP) is 0.809. The van der Waals surface area contributed by atoms with Gasteiger partial charge in [-0.25, -0.2) is 13.1 Å². The fourth-order valence-corrected chi connectivity index (χ4v) is 2.33. The van der Waals surface area contributed by atoms with E-state index >= 15 is 0 Å². The van der Waals surface area contributed by atoms with Crippen molar-refractivity contribution in [3.63, 3.8) is 0 Å². The van der Waals surface area contributed by atoms with Crippen LogP contribution < -0.4 is 10.0 Å². The number of benzene rings is 1. The predicted molar refractivity (Wildman–Crippen MR) is 83.9 cm³/mol. The molecule has 0 unspecified atom stereocenters. The van der Waals surface area contributed by atoms with Gasteiger partial charge in [0.05, 0.1) is 24.7 Å². The Morgan fingerprint density at radius 2 is 2.00 bits per heavy atom. The van der Waals surface area contributed by atoms with Crippen molar-refractivity contribution >= 4 is 21.6 Å². The maximum Gasteiger partial charge on any atom is 0.225 e. The maximum atomic E-state index is 11.7. The highest BCUT2D eigenvalue weighted by atomic mass is 32.2. The average molecular weight is 322 g/mol. The minimum absolute atomic E-state index is 0.0664. The molecule has 1 amide bonds. The minimum Gasteiger partial charge on any atom is -0.323 e. The van der Waals surface area contributed by atoms with Crippen molar-refractivity contribution in [2.75, 3.05) is 18.1 Å². The van der Waals surface area contributed by atoms with Gasteiger partial charge in [0.15, 0.2) is 0 Å². The second kappa shape index (κ2) is 7.19. The first-order valence-corrected chi connectivity index (χ1v) is 8.62. The van der Waals surface area contributed by atoms with Crippen LogP contribution in [0.2, 0.25) is 0 Å². The fourth-order valence-electron chi connectivity index (χ4n) is 1.86. The molecule has 118 valence electrons. The van der Waals surface area contributed by atoms with Gasteiger partial charge in [-0.1, -0.05) is 30.3 Å². The van der Waals surface area contributed by atoms with Crippen molar-refractivity contribution in [2.24, 2.45) is 0 Å². The SMILES string of the molecule is CS(=O)(=O)NCCC(=O)Nc1cnn(Cc2ccccc2)c1. The first kappa shape index (κ1) is 16.2. The van der Waals surface area contributed by atoms with Gasteiger partial charge >= 0.3 is 0 Å². The molecule has 0 radical (unpaired) electrons. The van der Waals surface area contributed by atoms with Crippen LogP contribution in [0.1, 0.15) is 12.0 Å². The summed E-state index contributed by atoms with van der Waals surface area (Å²) < 4.78 is 25.8.